The molecule has 6 aromatic carbocycles. The molecule has 6 rings (SSSR count). The molecule has 6 aromatic rings. The molecule has 0 fully saturated rings. The second-order valence-corrected chi connectivity index (χ2v) is 19.5. The third-order valence-electron chi connectivity index (χ3n) is 11.1. The minimum absolute atomic E-state index is 0.651. The standard InChI is InChI=1S/C51H58O8P2/c1-29-18-38(16-17-42(29)54-10)60(39-19-30(2)49(57-13)31(3)20-39)45-27-36(52-8)25-43(55-11)47(45)48-44(56-12)26-37(53-9)28-46(48)61(40-21-32(4)50(58-14)33(5)22-40)41-23-34(6)51(59-15)35(7)24-41/h16-28H,1-15H3. The second kappa shape index (κ2) is 19.1. The van der Waals surface area contributed by atoms with Crippen molar-refractivity contribution in [3.63, 3.8) is 0 Å². The lowest BCUT2D eigenvalue weighted by Crippen LogP contribution is -2.28. The quantitative estimate of drug-likeness (QED) is 0.0948. The van der Waals surface area contributed by atoms with Crippen LogP contribution >= 0.6 is 15.8 Å². The van der Waals surface area contributed by atoms with E-state index in [0.29, 0.717) is 23.0 Å². The maximum Gasteiger partial charge on any atom is 0.131 e. The van der Waals surface area contributed by atoms with Crippen LogP contribution in [0.15, 0.2) is 78.9 Å². The van der Waals surface area contributed by atoms with Crippen molar-refractivity contribution in [2.45, 2.75) is 48.5 Å². The van der Waals surface area contributed by atoms with E-state index in [2.05, 4.69) is 115 Å². The summed E-state index contributed by atoms with van der Waals surface area (Å²) < 4.78 is 48.6. The van der Waals surface area contributed by atoms with Crippen LogP contribution in [0.25, 0.3) is 11.1 Å². The van der Waals surface area contributed by atoms with Crippen LogP contribution in [0, 0.1) is 48.5 Å². The Morgan fingerprint density at radius 1 is 0.295 bits per heavy atom. The maximum absolute atomic E-state index is 6.47. The average Bonchev–Trinajstić information content (AvgIpc) is 3.23. The SMILES string of the molecule is COc1cc(OC)c(-c2c(OC)cc(OC)cc2P(c2cc(C)c(OC)c(C)c2)c2cc(C)c(OC)c(C)c2)c(P(c2ccc(OC)c(C)c2)c2cc(C)c(OC)c(C)c2)c1. The van der Waals surface area contributed by atoms with Crippen molar-refractivity contribution >= 4 is 47.7 Å². The van der Waals surface area contributed by atoms with Gasteiger partial charge in [0.25, 0.3) is 0 Å². The molecular formula is C51H58O8P2. The van der Waals surface area contributed by atoms with Crippen LogP contribution in [0.5, 0.6) is 46.0 Å². The Morgan fingerprint density at radius 3 is 0.885 bits per heavy atom. The molecule has 61 heavy (non-hydrogen) atoms. The third kappa shape index (κ3) is 8.72. The van der Waals surface area contributed by atoms with Crippen LogP contribution < -0.4 is 69.7 Å². The summed E-state index contributed by atoms with van der Waals surface area (Å²) in [6, 6.07) is 28.2. The Kier molecular flexibility index (Phi) is 14.1. The van der Waals surface area contributed by atoms with Gasteiger partial charge in [-0.1, -0.05) is 6.07 Å². The zero-order chi connectivity index (χ0) is 44.3. The minimum atomic E-state index is -1.32. The van der Waals surface area contributed by atoms with Gasteiger partial charge in [-0.2, -0.15) is 0 Å². The van der Waals surface area contributed by atoms with Crippen molar-refractivity contribution in [2.24, 2.45) is 0 Å². The number of hydrogen-bond donors (Lipinski definition) is 0. The van der Waals surface area contributed by atoms with Gasteiger partial charge in [-0.15, -0.1) is 0 Å². The molecule has 0 saturated heterocycles. The lowest BCUT2D eigenvalue weighted by Gasteiger charge is -2.30. The smallest absolute Gasteiger partial charge is 0.131 e. The number of rotatable bonds is 15. The van der Waals surface area contributed by atoms with Crippen molar-refractivity contribution in [1.82, 2.24) is 0 Å². The minimum Gasteiger partial charge on any atom is -0.497 e. The summed E-state index contributed by atoms with van der Waals surface area (Å²) >= 11 is 0. The maximum atomic E-state index is 6.47. The molecule has 0 aliphatic rings. The van der Waals surface area contributed by atoms with Gasteiger partial charge in [0, 0.05) is 33.9 Å². The summed E-state index contributed by atoms with van der Waals surface area (Å²) in [5, 5.41) is 6.64. The molecule has 0 aromatic heterocycles. The Hall–Kier alpha value is -5.42. The molecule has 1 atom stereocenters. The molecule has 0 aliphatic carbocycles. The van der Waals surface area contributed by atoms with Crippen molar-refractivity contribution in [1.29, 1.82) is 0 Å². The van der Waals surface area contributed by atoms with Gasteiger partial charge in [0.05, 0.1) is 56.9 Å². The van der Waals surface area contributed by atoms with Crippen LogP contribution in [0.3, 0.4) is 0 Å². The first kappa shape index (κ1) is 45.1. The van der Waals surface area contributed by atoms with Gasteiger partial charge in [-0.25, -0.2) is 0 Å². The molecule has 0 bridgehead atoms. The average molecular weight is 861 g/mol. The lowest BCUT2D eigenvalue weighted by molar-refractivity contribution is 0.392. The summed E-state index contributed by atoms with van der Waals surface area (Å²) in [4.78, 5) is 0. The van der Waals surface area contributed by atoms with Crippen LogP contribution in [-0.4, -0.2) is 56.9 Å². The predicted molar refractivity (Wildman–Crippen MR) is 255 cm³/mol. The lowest BCUT2D eigenvalue weighted by atomic mass is 10.0. The van der Waals surface area contributed by atoms with Gasteiger partial charge in [0.2, 0.25) is 0 Å². The van der Waals surface area contributed by atoms with Gasteiger partial charge in [0.15, 0.2) is 0 Å². The fourth-order valence-corrected chi connectivity index (χ4v) is 14.2. The van der Waals surface area contributed by atoms with Crippen molar-refractivity contribution in [3.05, 3.63) is 118 Å². The number of methoxy groups -OCH3 is 8. The summed E-state index contributed by atoms with van der Waals surface area (Å²) in [7, 11) is 11.1. The summed E-state index contributed by atoms with van der Waals surface area (Å²) in [6.45, 7) is 14.7. The van der Waals surface area contributed by atoms with E-state index in [1.54, 1.807) is 56.9 Å². The zero-order valence-corrected chi connectivity index (χ0v) is 40.0. The molecular weight excluding hydrogens is 803 g/mol. The van der Waals surface area contributed by atoms with E-state index in [0.717, 1.165) is 105 Å². The fourth-order valence-electron chi connectivity index (χ4n) is 8.56. The number of benzene rings is 6. The monoisotopic (exact) mass is 860 g/mol. The summed E-state index contributed by atoms with van der Waals surface area (Å²) in [6.07, 6.45) is 0. The van der Waals surface area contributed by atoms with E-state index in [-0.39, 0.29) is 0 Å². The molecule has 0 heterocycles. The molecule has 0 amide bonds. The van der Waals surface area contributed by atoms with E-state index in [1.165, 1.54) is 0 Å². The van der Waals surface area contributed by atoms with Gasteiger partial charge < -0.3 is 37.9 Å². The second-order valence-electron chi connectivity index (χ2n) is 15.1. The molecule has 0 aliphatic heterocycles. The first-order valence-corrected chi connectivity index (χ1v) is 22.7. The van der Waals surface area contributed by atoms with Crippen LogP contribution in [0.4, 0.5) is 0 Å². The zero-order valence-electron chi connectivity index (χ0n) is 38.2. The molecule has 0 spiro atoms. The van der Waals surface area contributed by atoms with Crippen molar-refractivity contribution < 1.29 is 37.9 Å². The van der Waals surface area contributed by atoms with Gasteiger partial charge in [-0.05, 0) is 185 Å². The van der Waals surface area contributed by atoms with Crippen LogP contribution in [0.1, 0.15) is 38.9 Å². The molecule has 0 saturated carbocycles. The normalized spacial score (nSPS) is 11.6. The van der Waals surface area contributed by atoms with E-state index >= 15 is 0 Å². The molecule has 0 radical (unpaired) electrons. The topological polar surface area (TPSA) is 73.8 Å². The first-order chi connectivity index (χ1) is 29.3. The highest BCUT2D eigenvalue weighted by Gasteiger charge is 2.33. The Labute approximate surface area is 364 Å². The van der Waals surface area contributed by atoms with Gasteiger partial charge in [-0.3, -0.25) is 0 Å². The predicted octanol–water partition coefficient (Wildman–Crippen LogP) is 9.10. The van der Waals surface area contributed by atoms with E-state index in [9.17, 15) is 0 Å². The molecule has 320 valence electrons. The highest BCUT2D eigenvalue weighted by Crippen LogP contribution is 2.50. The molecule has 8 nitrogen and oxygen atoms in total. The highest BCUT2D eigenvalue weighted by atomic mass is 31.1. The Balaban J connectivity index is 1.84. The third-order valence-corrected chi connectivity index (χ3v) is 15.9. The van der Waals surface area contributed by atoms with E-state index < -0.39 is 15.8 Å². The largest absolute Gasteiger partial charge is 0.497 e. The van der Waals surface area contributed by atoms with E-state index in [4.69, 9.17) is 37.9 Å². The summed E-state index contributed by atoms with van der Waals surface area (Å²) in [5.41, 5.74) is 9.14. The molecule has 10 heteroatoms. The fraction of sp³-hybridized carbons (Fsp3) is 0.294. The first-order valence-electron chi connectivity index (χ1n) is 20.0. The highest BCUT2D eigenvalue weighted by molar-refractivity contribution is 7.80. The number of ether oxygens (including phenoxy) is 8. The van der Waals surface area contributed by atoms with Crippen molar-refractivity contribution in [2.75, 3.05) is 56.9 Å². The Morgan fingerprint density at radius 2 is 0.607 bits per heavy atom. The number of hydrogen-bond acceptors (Lipinski definition) is 8. The van der Waals surface area contributed by atoms with Crippen LogP contribution in [-0.2, 0) is 0 Å². The number of aryl methyl sites for hydroxylation is 7. The van der Waals surface area contributed by atoms with Crippen LogP contribution in [0.2, 0.25) is 0 Å². The van der Waals surface area contributed by atoms with E-state index in [1.807, 2.05) is 12.1 Å². The molecule has 0 N–H and O–H groups in total. The summed E-state index contributed by atoms with van der Waals surface area (Å²) in [5.74, 6) is 6.08. The van der Waals surface area contributed by atoms with Gasteiger partial charge >= 0.3 is 0 Å². The van der Waals surface area contributed by atoms with Gasteiger partial charge in [0.1, 0.15) is 46.0 Å². The van der Waals surface area contributed by atoms with Crippen molar-refractivity contribution in [3.8, 4) is 57.1 Å². The molecule has 1 unspecified atom stereocenters. The Bertz CT molecular complexity index is 2450.